The number of ether oxygens (including phenoxy) is 1. The Morgan fingerprint density at radius 1 is 1.38 bits per heavy atom. The molecular weight excluding hydrogens is 273 g/mol. The Hall–Kier alpha value is -1.62. The van der Waals surface area contributed by atoms with Gasteiger partial charge in [-0.2, -0.15) is 0 Å². The smallest absolute Gasteiger partial charge is 0.260 e. The van der Waals surface area contributed by atoms with Gasteiger partial charge >= 0.3 is 0 Å². The van der Waals surface area contributed by atoms with Gasteiger partial charge in [-0.05, 0) is 32.4 Å². The number of carbonyl (C=O) groups is 1. The fourth-order valence-electron chi connectivity index (χ4n) is 1.91. The summed E-state index contributed by atoms with van der Waals surface area (Å²) in [5.41, 5.74) is 0.207. The van der Waals surface area contributed by atoms with E-state index in [2.05, 4.69) is 12.2 Å². The third-order valence-corrected chi connectivity index (χ3v) is 3.18. The van der Waals surface area contributed by atoms with E-state index >= 15 is 0 Å². The molecule has 0 radical (unpaired) electrons. The molecule has 1 unspecified atom stereocenters. The number of hydrogen-bond acceptors (Lipinski definition) is 3. The van der Waals surface area contributed by atoms with Crippen molar-refractivity contribution in [1.82, 2.24) is 5.32 Å². The highest BCUT2D eigenvalue weighted by Gasteiger charge is 2.15. The summed E-state index contributed by atoms with van der Waals surface area (Å²) in [6, 6.07) is 4.19. The predicted molar refractivity (Wildman–Crippen MR) is 79.7 cm³/mol. The maximum absolute atomic E-state index is 13.7. The first kappa shape index (κ1) is 17.4. The zero-order valence-corrected chi connectivity index (χ0v) is 12.9. The summed E-state index contributed by atoms with van der Waals surface area (Å²) in [5.74, 6) is -0.489. The summed E-state index contributed by atoms with van der Waals surface area (Å²) in [6.07, 6.45) is 1.53. The Morgan fingerprint density at radius 2 is 2.10 bits per heavy atom. The normalized spacial score (nSPS) is 13.6. The fourth-order valence-corrected chi connectivity index (χ4v) is 1.91. The van der Waals surface area contributed by atoms with Gasteiger partial charge in [0, 0.05) is 18.2 Å². The van der Waals surface area contributed by atoms with Crippen LogP contribution in [-0.2, 0) is 4.79 Å². The molecule has 0 aliphatic rings. The van der Waals surface area contributed by atoms with Crippen LogP contribution in [0.25, 0.3) is 0 Å². The lowest BCUT2D eigenvalue weighted by Gasteiger charge is -2.15. The van der Waals surface area contributed by atoms with Gasteiger partial charge in [0.25, 0.3) is 5.91 Å². The molecule has 2 N–H and O–H groups in total. The van der Waals surface area contributed by atoms with E-state index < -0.39 is 18.0 Å². The number of nitrogens with one attached hydrogen (secondary N) is 1. The van der Waals surface area contributed by atoms with E-state index in [0.29, 0.717) is 6.54 Å². The number of benzene rings is 1. The van der Waals surface area contributed by atoms with Crippen molar-refractivity contribution in [1.29, 1.82) is 0 Å². The quantitative estimate of drug-likeness (QED) is 0.725. The molecule has 0 bridgehead atoms. The zero-order chi connectivity index (χ0) is 15.8. The van der Waals surface area contributed by atoms with Crippen molar-refractivity contribution in [2.24, 2.45) is 0 Å². The Labute approximate surface area is 125 Å². The van der Waals surface area contributed by atoms with Gasteiger partial charge in [0.1, 0.15) is 11.6 Å². The highest BCUT2D eigenvalue weighted by atomic mass is 19.1. The van der Waals surface area contributed by atoms with E-state index in [1.165, 1.54) is 19.1 Å². The van der Waals surface area contributed by atoms with Crippen LogP contribution in [-0.4, -0.2) is 23.7 Å². The first-order chi connectivity index (χ1) is 9.95. The first-order valence-electron chi connectivity index (χ1n) is 7.37. The molecule has 1 aromatic carbocycles. The number of halogens is 1. The van der Waals surface area contributed by atoms with Crippen molar-refractivity contribution < 1.29 is 19.0 Å². The van der Waals surface area contributed by atoms with Crippen LogP contribution in [0.2, 0.25) is 0 Å². The molecule has 21 heavy (non-hydrogen) atoms. The molecule has 0 heterocycles. The largest absolute Gasteiger partial charge is 0.481 e. The lowest BCUT2D eigenvalue weighted by molar-refractivity contribution is -0.127. The Bertz CT molecular complexity index is 463. The Morgan fingerprint density at radius 3 is 2.67 bits per heavy atom. The SMILES string of the molecule is CCCCCNC(=O)C(C)Oc1ccc([C@@H](C)O)c(F)c1. The molecule has 0 fully saturated rings. The monoisotopic (exact) mass is 297 g/mol. The molecule has 118 valence electrons. The number of carbonyl (C=O) groups excluding carboxylic acids is 1. The zero-order valence-electron chi connectivity index (χ0n) is 12.9. The molecular formula is C16H24FNO3. The summed E-state index contributed by atoms with van der Waals surface area (Å²) in [7, 11) is 0. The lowest BCUT2D eigenvalue weighted by Crippen LogP contribution is -2.36. The van der Waals surface area contributed by atoms with Crippen LogP contribution in [0.15, 0.2) is 18.2 Å². The van der Waals surface area contributed by atoms with Gasteiger partial charge < -0.3 is 15.2 Å². The molecule has 0 saturated heterocycles. The molecule has 0 aliphatic carbocycles. The highest BCUT2D eigenvalue weighted by molar-refractivity contribution is 5.80. The van der Waals surface area contributed by atoms with Crippen molar-refractivity contribution in [3.8, 4) is 5.75 Å². The van der Waals surface area contributed by atoms with Gasteiger partial charge in [-0.15, -0.1) is 0 Å². The van der Waals surface area contributed by atoms with Crippen molar-refractivity contribution in [3.05, 3.63) is 29.6 Å². The average Bonchev–Trinajstić information content (AvgIpc) is 2.43. The molecule has 1 aromatic rings. The van der Waals surface area contributed by atoms with Crippen LogP contribution < -0.4 is 10.1 Å². The van der Waals surface area contributed by atoms with Crippen molar-refractivity contribution in [3.63, 3.8) is 0 Å². The molecule has 1 rings (SSSR count). The number of aliphatic hydroxyl groups excluding tert-OH is 1. The fraction of sp³-hybridized carbons (Fsp3) is 0.562. The second-order valence-electron chi connectivity index (χ2n) is 5.12. The van der Waals surface area contributed by atoms with Gasteiger partial charge in [-0.25, -0.2) is 4.39 Å². The van der Waals surface area contributed by atoms with Gasteiger partial charge in [0.2, 0.25) is 0 Å². The van der Waals surface area contributed by atoms with Crippen LogP contribution in [0.3, 0.4) is 0 Å². The predicted octanol–water partition coefficient (Wildman–Crippen LogP) is 2.95. The minimum absolute atomic E-state index is 0.207. The van der Waals surface area contributed by atoms with Gasteiger partial charge in [-0.1, -0.05) is 19.8 Å². The second-order valence-corrected chi connectivity index (χ2v) is 5.12. The minimum atomic E-state index is -0.877. The molecule has 0 aromatic heterocycles. The van der Waals surface area contributed by atoms with E-state index in [1.807, 2.05) is 0 Å². The number of hydrogen-bond donors (Lipinski definition) is 2. The number of rotatable bonds is 8. The van der Waals surface area contributed by atoms with E-state index in [0.717, 1.165) is 19.3 Å². The van der Waals surface area contributed by atoms with Gasteiger partial charge in [-0.3, -0.25) is 4.79 Å². The minimum Gasteiger partial charge on any atom is -0.481 e. The molecule has 1 amide bonds. The second kappa shape index (κ2) is 8.62. The van der Waals surface area contributed by atoms with Crippen LogP contribution in [0.5, 0.6) is 5.75 Å². The standard InChI is InChI=1S/C16H24FNO3/c1-4-5-6-9-18-16(20)12(3)21-13-7-8-14(11(2)19)15(17)10-13/h7-8,10-12,19H,4-6,9H2,1-3H3,(H,18,20)/t11-,12?/m1/s1. The molecule has 0 spiro atoms. The average molecular weight is 297 g/mol. The maximum Gasteiger partial charge on any atom is 0.260 e. The number of amides is 1. The van der Waals surface area contributed by atoms with Crippen molar-refractivity contribution in [2.45, 2.75) is 52.2 Å². The van der Waals surface area contributed by atoms with E-state index in [9.17, 15) is 14.3 Å². The van der Waals surface area contributed by atoms with Gasteiger partial charge in [0.05, 0.1) is 6.10 Å². The summed E-state index contributed by atoms with van der Waals surface area (Å²) >= 11 is 0. The van der Waals surface area contributed by atoms with Crippen molar-refractivity contribution in [2.75, 3.05) is 6.54 Å². The first-order valence-corrected chi connectivity index (χ1v) is 7.37. The highest BCUT2D eigenvalue weighted by Crippen LogP contribution is 2.22. The summed E-state index contributed by atoms with van der Waals surface area (Å²) in [6.45, 7) is 5.83. The molecule has 4 nitrogen and oxygen atoms in total. The van der Waals surface area contributed by atoms with Crippen LogP contribution in [0.4, 0.5) is 4.39 Å². The Balaban J connectivity index is 2.52. The summed E-state index contributed by atoms with van der Waals surface area (Å²) in [4.78, 5) is 11.8. The van der Waals surface area contributed by atoms with Gasteiger partial charge in [0.15, 0.2) is 6.10 Å². The molecule has 5 heteroatoms. The van der Waals surface area contributed by atoms with Crippen LogP contribution in [0, 0.1) is 5.82 Å². The third-order valence-electron chi connectivity index (χ3n) is 3.18. The molecule has 2 atom stereocenters. The number of aliphatic hydroxyl groups is 1. The summed E-state index contributed by atoms with van der Waals surface area (Å²) < 4.78 is 19.1. The lowest BCUT2D eigenvalue weighted by atomic mass is 10.1. The topological polar surface area (TPSA) is 58.6 Å². The molecule has 0 aliphatic heterocycles. The Kier molecular flexibility index (Phi) is 7.15. The van der Waals surface area contributed by atoms with E-state index in [4.69, 9.17) is 4.74 Å². The van der Waals surface area contributed by atoms with E-state index in [1.54, 1.807) is 13.0 Å². The van der Waals surface area contributed by atoms with Crippen molar-refractivity contribution >= 4 is 5.91 Å². The maximum atomic E-state index is 13.7. The summed E-state index contributed by atoms with van der Waals surface area (Å²) in [5, 5.41) is 12.1. The van der Waals surface area contributed by atoms with E-state index in [-0.39, 0.29) is 17.2 Å². The van der Waals surface area contributed by atoms with Crippen LogP contribution >= 0.6 is 0 Å². The third kappa shape index (κ3) is 5.71. The van der Waals surface area contributed by atoms with Crippen LogP contribution in [0.1, 0.15) is 51.7 Å². The number of unbranched alkanes of at least 4 members (excludes halogenated alkanes) is 2. The molecule has 0 saturated carbocycles.